The van der Waals surface area contributed by atoms with Crippen LogP contribution in [0.2, 0.25) is 0 Å². The number of anilines is 2. The average Bonchev–Trinajstić information content (AvgIpc) is 3.33. The molecule has 1 amide bonds. The van der Waals surface area contributed by atoms with Crippen molar-refractivity contribution in [2.24, 2.45) is 0 Å². The van der Waals surface area contributed by atoms with E-state index in [9.17, 15) is 4.79 Å². The number of carbonyl (C=O) groups excluding carboxylic acids is 1. The highest BCUT2D eigenvalue weighted by Crippen LogP contribution is 2.37. The molecule has 0 spiro atoms. The van der Waals surface area contributed by atoms with E-state index >= 15 is 0 Å². The molecule has 0 radical (unpaired) electrons. The Labute approximate surface area is 228 Å². The molecular formula is C28H38N6O3S. The number of fused-ring (bicyclic) bond motifs is 1. The van der Waals surface area contributed by atoms with Gasteiger partial charge in [-0.25, -0.2) is 4.98 Å². The lowest BCUT2D eigenvalue weighted by molar-refractivity contribution is -0.122. The fourth-order valence-corrected chi connectivity index (χ4v) is 6.24. The summed E-state index contributed by atoms with van der Waals surface area (Å²) in [6.07, 6.45) is 4.15. The van der Waals surface area contributed by atoms with E-state index in [-0.39, 0.29) is 11.9 Å². The van der Waals surface area contributed by atoms with Crippen molar-refractivity contribution in [3.63, 3.8) is 0 Å². The number of amides is 1. The van der Waals surface area contributed by atoms with Crippen LogP contribution in [-0.4, -0.2) is 86.9 Å². The monoisotopic (exact) mass is 538 g/mol. The van der Waals surface area contributed by atoms with Gasteiger partial charge in [0, 0.05) is 69.2 Å². The van der Waals surface area contributed by atoms with Crippen LogP contribution in [0.1, 0.15) is 37.9 Å². The van der Waals surface area contributed by atoms with Gasteiger partial charge in [0.1, 0.15) is 11.4 Å². The molecule has 10 heteroatoms. The van der Waals surface area contributed by atoms with Gasteiger partial charge in [0.2, 0.25) is 5.91 Å². The zero-order valence-corrected chi connectivity index (χ0v) is 23.2. The number of pyridine rings is 1. The Morgan fingerprint density at radius 2 is 2.00 bits per heavy atom. The number of hydrogen-bond acceptors (Lipinski definition) is 9. The molecule has 1 N–H and O–H groups in total. The minimum Gasteiger partial charge on any atom is -0.494 e. The minimum atomic E-state index is -0.0645. The second-order valence-corrected chi connectivity index (χ2v) is 10.6. The summed E-state index contributed by atoms with van der Waals surface area (Å²) in [5.41, 5.74) is 3.00. The summed E-state index contributed by atoms with van der Waals surface area (Å²) in [5.74, 6) is 0.925. The highest BCUT2D eigenvalue weighted by molar-refractivity contribution is 7.13. The van der Waals surface area contributed by atoms with Gasteiger partial charge >= 0.3 is 0 Å². The molecule has 1 atom stereocenters. The zero-order chi connectivity index (χ0) is 26.3. The number of thiazole rings is 1. The molecule has 2 aliphatic rings. The number of morpholine rings is 1. The molecule has 38 heavy (non-hydrogen) atoms. The molecule has 2 fully saturated rings. The number of rotatable bonds is 9. The third kappa shape index (κ3) is 6.03. The van der Waals surface area contributed by atoms with Crippen molar-refractivity contribution in [1.29, 1.82) is 0 Å². The van der Waals surface area contributed by atoms with Crippen LogP contribution in [0.5, 0.6) is 5.75 Å². The molecule has 2 saturated heterocycles. The third-order valence-corrected chi connectivity index (χ3v) is 8.22. The van der Waals surface area contributed by atoms with Crippen molar-refractivity contribution in [2.75, 3.05) is 75.9 Å². The molecule has 9 nitrogen and oxygen atoms in total. The molecule has 0 bridgehead atoms. The van der Waals surface area contributed by atoms with Crippen LogP contribution in [-0.2, 0) is 9.53 Å². The number of ether oxygens (including phenoxy) is 2. The van der Waals surface area contributed by atoms with Gasteiger partial charge in [0.05, 0.1) is 37.6 Å². The molecule has 4 heterocycles. The summed E-state index contributed by atoms with van der Waals surface area (Å²) in [5, 5.41) is 7.34. The van der Waals surface area contributed by atoms with Crippen molar-refractivity contribution in [3.8, 4) is 5.75 Å². The summed E-state index contributed by atoms with van der Waals surface area (Å²) in [7, 11) is 1.72. The van der Waals surface area contributed by atoms with Gasteiger partial charge in [-0.05, 0) is 31.0 Å². The maximum atomic E-state index is 12.9. The number of aromatic nitrogens is 2. The number of methoxy groups -OCH3 is 1. The average molecular weight is 539 g/mol. The maximum Gasteiger partial charge on any atom is 0.221 e. The lowest BCUT2D eigenvalue weighted by Crippen LogP contribution is -2.38. The van der Waals surface area contributed by atoms with E-state index in [1.807, 2.05) is 18.3 Å². The molecule has 2 aliphatic heterocycles. The number of nitrogens with one attached hydrogen (secondary N) is 1. The quantitative estimate of drug-likeness (QED) is 0.442. The van der Waals surface area contributed by atoms with Gasteiger partial charge in [0.25, 0.3) is 0 Å². The topological polar surface area (TPSA) is 83.1 Å². The van der Waals surface area contributed by atoms with Crippen molar-refractivity contribution < 1.29 is 14.3 Å². The Morgan fingerprint density at radius 1 is 1.13 bits per heavy atom. The summed E-state index contributed by atoms with van der Waals surface area (Å²) in [6, 6.07) is 8.09. The van der Waals surface area contributed by atoms with E-state index in [0.29, 0.717) is 13.0 Å². The van der Waals surface area contributed by atoms with E-state index in [1.165, 1.54) is 0 Å². The Morgan fingerprint density at radius 3 is 2.82 bits per heavy atom. The largest absolute Gasteiger partial charge is 0.494 e. The Bertz CT molecular complexity index is 1210. The molecule has 3 aromatic rings. The summed E-state index contributed by atoms with van der Waals surface area (Å²) >= 11 is 1.67. The number of benzene rings is 1. The summed E-state index contributed by atoms with van der Waals surface area (Å²) in [4.78, 5) is 29.8. The normalized spacial score (nSPS) is 17.8. The molecule has 0 saturated carbocycles. The maximum absolute atomic E-state index is 12.9. The van der Waals surface area contributed by atoms with E-state index < -0.39 is 0 Å². The summed E-state index contributed by atoms with van der Waals surface area (Å²) in [6.45, 7) is 9.37. The van der Waals surface area contributed by atoms with Crippen LogP contribution in [0.3, 0.4) is 0 Å². The lowest BCUT2D eigenvalue weighted by atomic mass is 10.1. The van der Waals surface area contributed by atoms with Gasteiger partial charge < -0.3 is 24.6 Å². The highest BCUT2D eigenvalue weighted by atomic mass is 32.1. The van der Waals surface area contributed by atoms with E-state index in [1.54, 1.807) is 18.4 Å². The number of carbonyl (C=O) groups is 1. The molecule has 0 aliphatic carbocycles. The first-order valence-corrected chi connectivity index (χ1v) is 14.5. The first-order valence-electron chi connectivity index (χ1n) is 13.6. The smallest absolute Gasteiger partial charge is 0.221 e. The van der Waals surface area contributed by atoms with Gasteiger partial charge in [-0.3, -0.25) is 14.7 Å². The van der Waals surface area contributed by atoms with Crippen LogP contribution < -0.4 is 19.9 Å². The van der Waals surface area contributed by atoms with Crippen molar-refractivity contribution in [2.45, 2.75) is 32.2 Å². The second-order valence-electron chi connectivity index (χ2n) is 9.79. The van der Waals surface area contributed by atoms with Crippen LogP contribution in [0, 0.1) is 0 Å². The lowest BCUT2D eigenvalue weighted by Gasteiger charge is -2.30. The van der Waals surface area contributed by atoms with E-state index in [0.717, 1.165) is 98.5 Å². The summed E-state index contributed by atoms with van der Waals surface area (Å²) < 4.78 is 11.3. The van der Waals surface area contributed by atoms with E-state index in [2.05, 4.69) is 44.5 Å². The Balaban J connectivity index is 1.38. The number of hydrogen-bond donors (Lipinski definition) is 1. The van der Waals surface area contributed by atoms with E-state index in [4.69, 9.17) is 19.4 Å². The van der Waals surface area contributed by atoms with Crippen LogP contribution >= 0.6 is 11.3 Å². The molecule has 2 aromatic heterocycles. The SMILES string of the molecule is CCCNC(=O)CC(c1csc(N2CCOCC2)n1)N1CCCN(c2c(OC)ccc3cccnc23)CC1. The van der Waals surface area contributed by atoms with Crippen molar-refractivity contribution in [3.05, 3.63) is 41.5 Å². The van der Waals surface area contributed by atoms with Crippen LogP contribution in [0.15, 0.2) is 35.8 Å². The predicted octanol–water partition coefficient (Wildman–Crippen LogP) is 3.71. The highest BCUT2D eigenvalue weighted by Gasteiger charge is 2.29. The predicted molar refractivity (Wildman–Crippen MR) is 153 cm³/mol. The molecule has 1 aromatic carbocycles. The van der Waals surface area contributed by atoms with Gasteiger partial charge in [0.15, 0.2) is 5.13 Å². The second kappa shape index (κ2) is 12.7. The standard InChI is InChI=1S/C28H38N6O3S/c1-3-9-29-25(35)19-23(22-20-38-28(31-22)34-15-17-37-18-16-34)32-11-5-12-33(14-13-32)27-24(36-2)8-7-21-6-4-10-30-26(21)27/h4,6-8,10,20,23H,3,5,9,11-19H2,1-2H3,(H,29,35). The molecule has 5 rings (SSSR count). The molecular weight excluding hydrogens is 500 g/mol. The van der Waals surface area contributed by atoms with Crippen LogP contribution in [0.4, 0.5) is 10.8 Å². The zero-order valence-electron chi connectivity index (χ0n) is 22.4. The van der Waals surface area contributed by atoms with Crippen molar-refractivity contribution in [1.82, 2.24) is 20.2 Å². The number of nitrogens with zero attached hydrogens (tertiary/aromatic N) is 5. The third-order valence-electron chi connectivity index (χ3n) is 7.30. The van der Waals surface area contributed by atoms with Gasteiger partial charge in [-0.2, -0.15) is 0 Å². The van der Waals surface area contributed by atoms with Crippen molar-refractivity contribution >= 4 is 39.0 Å². The van der Waals surface area contributed by atoms with Gasteiger partial charge in [-0.15, -0.1) is 11.3 Å². The molecule has 1 unspecified atom stereocenters. The fraction of sp³-hybridized carbons (Fsp3) is 0.536. The molecule has 204 valence electrons. The minimum absolute atomic E-state index is 0.0645. The fourth-order valence-electron chi connectivity index (χ4n) is 5.32. The Kier molecular flexibility index (Phi) is 8.93. The Hall–Kier alpha value is -2.95. The first kappa shape index (κ1) is 26.6. The first-order chi connectivity index (χ1) is 18.7. The van der Waals surface area contributed by atoms with Gasteiger partial charge in [-0.1, -0.05) is 13.0 Å². The van der Waals surface area contributed by atoms with Crippen LogP contribution in [0.25, 0.3) is 10.9 Å².